The van der Waals surface area contributed by atoms with E-state index in [0.29, 0.717) is 6.61 Å². The molecule has 0 heterocycles. The molecule has 96 valence electrons. The van der Waals surface area contributed by atoms with Gasteiger partial charge in [0, 0.05) is 12.7 Å². The van der Waals surface area contributed by atoms with E-state index >= 15 is 0 Å². The molecular weight excluding hydrogens is 214 g/mol. The average Bonchev–Trinajstić information content (AvgIpc) is 2.32. The van der Waals surface area contributed by atoms with Gasteiger partial charge in [0.2, 0.25) is 0 Å². The fourth-order valence-corrected chi connectivity index (χ4v) is 2.03. The molecule has 1 N–H and O–H groups in total. The lowest BCUT2D eigenvalue weighted by atomic mass is 9.99. The van der Waals surface area contributed by atoms with Gasteiger partial charge in [0.05, 0.1) is 19.8 Å². The Bertz CT molecular complexity index is 357. The summed E-state index contributed by atoms with van der Waals surface area (Å²) in [6.45, 7) is 7.83. The van der Waals surface area contributed by atoms with E-state index in [1.54, 1.807) is 14.2 Å². The zero-order valence-electron chi connectivity index (χ0n) is 11.5. The predicted octanol–water partition coefficient (Wildman–Crippen LogP) is 2.61. The van der Waals surface area contributed by atoms with Crippen LogP contribution in [-0.2, 0) is 4.74 Å². The molecule has 1 rings (SSSR count). The Morgan fingerprint density at radius 3 is 2.47 bits per heavy atom. The Hall–Kier alpha value is -1.06. The maximum Gasteiger partial charge on any atom is 0.126 e. The number of nitrogens with one attached hydrogen (secondary N) is 1. The molecule has 17 heavy (non-hydrogen) atoms. The number of hydrogen-bond acceptors (Lipinski definition) is 3. The van der Waals surface area contributed by atoms with Crippen LogP contribution in [0.15, 0.2) is 12.1 Å². The van der Waals surface area contributed by atoms with E-state index in [-0.39, 0.29) is 6.04 Å². The highest BCUT2D eigenvalue weighted by molar-refractivity contribution is 5.46. The first-order valence-electron chi connectivity index (χ1n) is 6.02. The summed E-state index contributed by atoms with van der Waals surface area (Å²) in [6, 6.07) is 4.43. The van der Waals surface area contributed by atoms with Crippen LogP contribution in [0.1, 0.15) is 29.7 Å². The first-order chi connectivity index (χ1) is 8.15. The lowest BCUT2D eigenvalue weighted by Gasteiger charge is -2.22. The average molecular weight is 237 g/mol. The van der Waals surface area contributed by atoms with Crippen LogP contribution in [0.2, 0.25) is 0 Å². The second-order valence-corrected chi connectivity index (χ2v) is 4.20. The normalized spacial score (nSPS) is 12.5. The van der Waals surface area contributed by atoms with Gasteiger partial charge in [-0.25, -0.2) is 0 Å². The van der Waals surface area contributed by atoms with Crippen LogP contribution in [0.25, 0.3) is 0 Å². The molecule has 3 heteroatoms. The minimum Gasteiger partial charge on any atom is -0.496 e. The van der Waals surface area contributed by atoms with E-state index in [0.717, 1.165) is 12.3 Å². The number of aryl methyl sites for hydroxylation is 1. The third-order valence-electron chi connectivity index (χ3n) is 3.07. The molecule has 0 aliphatic carbocycles. The number of hydrogen-bond donors (Lipinski definition) is 1. The fourth-order valence-electron chi connectivity index (χ4n) is 2.03. The van der Waals surface area contributed by atoms with E-state index in [1.807, 2.05) is 0 Å². The van der Waals surface area contributed by atoms with Crippen molar-refractivity contribution in [3.63, 3.8) is 0 Å². The van der Waals surface area contributed by atoms with Gasteiger partial charge < -0.3 is 14.8 Å². The van der Waals surface area contributed by atoms with E-state index in [9.17, 15) is 0 Å². The first-order valence-corrected chi connectivity index (χ1v) is 6.02. The van der Waals surface area contributed by atoms with Crippen LogP contribution in [0.3, 0.4) is 0 Å². The van der Waals surface area contributed by atoms with Gasteiger partial charge in [0.25, 0.3) is 0 Å². The van der Waals surface area contributed by atoms with Crippen molar-refractivity contribution >= 4 is 0 Å². The second-order valence-electron chi connectivity index (χ2n) is 4.20. The van der Waals surface area contributed by atoms with Gasteiger partial charge in [0.15, 0.2) is 0 Å². The summed E-state index contributed by atoms with van der Waals surface area (Å²) in [6.07, 6.45) is 0. The molecule has 1 aromatic carbocycles. The van der Waals surface area contributed by atoms with E-state index in [1.165, 1.54) is 16.7 Å². The SMILES string of the molecule is CCNC(COC)c1ccc(C)c(C)c1OC. The van der Waals surface area contributed by atoms with Crippen molar-refractivity contribution in [1.82, 2.24) is 5.32 Å². The number of likely N-dealkylation sites (N-methyl/N-ethyl adjacent to an activating group) is 1. The maximum absolute atomic E-state index is 5.54. The van der Waals surface area contributed by atoms with Gasteiger partial charge in [-0.2, -0.15) is 0 Å². The molecule has 1 aromatic rings. The Balaban J connectivity index is 3.13. The van der Waals surface area contributed by atoms with Gasteiger partial charge in [0.1, 0.15) is 5.75 Å². The third kappa shape index (κ3) is 3.20. The quantitative estimate of drug-likeness (QED) is 0.825. The molecule has 0 radical (unpaired) electrons. The molecule has 1 atom stereocenters. The summed E-state index contributed by atoms with van der Waals surface area (Å²) in [5.74, 6) is 0.966. The van der Waals surface area contributed by atoms with Crippen LogP contribution in [-0.4, -0.2) is 27.4 Å². The smallest absolute Gasteiger partial charge is 0.126 e. The zero-order valence-corrected chi connectivity index (χ0v) is 11.5. The Morgan fingerprint density at radius 2 is 1.94 bits per heavy atom. The van der Waals surface area contributed by atoms with E-state index < -0.39 is 0 Å². The summed E-state index contributed by atoms with van der Waals surface area (Å²) in [5.41, 5.74) is 3.61. The Morgan fingerprint density at radius 1 is 1.24 bits per heavy atom. The summed E-state index contributed by atoms with van der Waals surface area (Å²) in [5, 5.41) is 3.42. The predicted molar refractivity (Wildman–Crippen MR) is 70.8 cm³/mol. The number of methoxy groups -OCH3 is 2. The third-order valence-corrected chi connectivity index (χ3v) is 3.07. The van der Waals surface area contributed by atoms with Crippen LogP contribution in [0, 0.1) is 13.8 Å². The molecule has 0 saturated carbocycles. The molecule has 3 nitrogen and oxygen atoms in total. The minimum atomic E-state index is 0.180. The number of benzene rings is 1. The van der Waals surface area contributed by atoms with Crippen molar-refractivity contribution in [2.45, 2.75) is 26.8 Å². The summed E-state index contributed by atoms with van der Waals surface area (Å²) in [4.78, 5) is 0. The maximum atomic E-state index is 5.54. The molecule has 0 aliphatic heterocycles. The summed E-state index contributed by atoms with van der Waals surface area (Å²) < 4.78 is 10.8. The van der Waals surface area contributed by atoms with Crippen molar-refractivity contribution in [3.05, 3.63) is 28.8 Å². The van der Waals surface area contributed by atoms with Crippen molar-refractivity contribution in [2.24, 2.45) is 0 Å². The highest BCUT2D eigenvalue weighted by Gasteiger charge is 2.17. The van der Waals surface area contributed by atoms with Gasteiger partial charge in [-0.05, 0) is 31.5 Å². The van der Waals surface area contributed by atoms with Crippen molar-refractivity contribution < 1.29 is 9.47 Å². The Kier molecular flexibility index (Phi) is 5.45. The molecular formula is C14H23NO2. The van der Waals surface area contributed by atoms with E-state index in [4.69, 9.17) is 9.47 Å². The second kappa shape index (κ2) is 6.62. The molecule has 0 spiro atoms. The molecule has 1 unspecified atom stereocenters. The van der Waals surface area contributed by atoms with Crippen molar-refractivity contribution in [1.29, 1.82) is 0 Å². The lowest BCUT2D eigenvalue weighted by molar-refractivity contribution is 0.166. The largest absolute Gasteiger partial charge is 0.496 e. The minimum absolute atomic E-state index is 0.180. The van der Waals surface area contributed by atoms with E-state index in [2.05, 4.69) is 38.2 Å². The summed E-state index contributed by atoms with van der Waals surface area (Å²) >= 11 is 0. The topological polar surface area (TPSA) is 30.5 Å². The van der Waals surface area contributed by atoms with Gasteiger partial charge in [-0.1, -0.05) is 19.1 Å². The Labute approximate surface area is 104 Å². The van der Waals surface area contributed by atoms with Crippen molar-refractivity contribution in [2.75, 3.05) is 27.4 Å². The van der Waals surface area contributed by atoms with Crippen LogP contribution in [0.4, 0.5) is 0 Å². The summed E-state index contributed by atoms with van der Waals surface area (Å²) in [7, 11) is 3.44. The highest BCUT2D eigenvalue weighted by atomic mass is 16.5. The zero-order chi connectivity index (χ0) is 12.8. The molecule has 0 bridgehead atoms. The van der Waals surface area contributed by atoms with Crippen LogP contribution < -0.4 is 10.1 Å². The van der Waals surface area contributed by atoms with Crippen LogP contribution >= 0.6 is 0 Å². The lowest BCUT2D eigenvalue weighted by Crippen LogP contribution is -2.25. The molecule has 0 saturated heterocycles. The monoisotopic (exact) mass is 237 g/mol. The fraction of sp³-hybridized carbons (Fsp3) is 0.571. The van der Waals surface area contributed by atoms with Gasteiger partial charge in [-0.3, -0.25) is 0 Å². The number of rotatable bonds is 6. The van der Waals surface area contributed by atoms with Gasteiger partial charge in [-0.15, -0.1) is 0 Å². The standard InChI is InChI=1S/C14H23NO2/c1-6-15-13(9-16-4)12-8-7-10(2)11(3)14(12)17-5/h7-8,13,15H,6,9H2,1-5H3. The van der Waals surface area contributed by atoms with Crippen molar-refractivity contribution in [3.8, 4) is 5.75 Å². The molecule has 0 aliphatic rings. The first kappa shape index (κ1) is 14.0. The molecule has 0 aromatic heterocycles. The van der Waals surface area contributed by atoms with Crippen LogP contribution in [0.5, 0.6) is 5.75 Å². The highest BCUT2D eigenvalue weighted by Crippen LogP contribution is 2.30. The van der Waals surface area contributed by atoms with Gasteiger partial charge >= 0.3 is 0 Å². The number of ether oxygens (including phenoxy) is 2. The molecule has 0 amide bonds. The molecule has 0 fully saturated rings.